The summed E-state index contributed by atoms with van der Waals surface area (Å²) in [5, 5.41) is 1.44. The Balaban J connectivity index is 3.02. The highest BCUT2D eigenvalue weighted by molar-refractivity contribution is 6.88. The third-order valence-corrected chi connectivity index (χ3v) is 4.43. The van der Waals surface area contributed by atoms with Crippen molar-refractivity contribution in [3.05, 3.63) is 24.0 Å². The molecule has 1 aromatic heterocycles. The molecule has 0 atom stereocenters. The van der Waals surface area contributed by atoms with Gasteiger partial charge in [0.25, 0.3) is 0 Å². The third kappa shape index (κ3) is 2.68. The van der Waals surface area contributed by atoms with Crippen LogP contribution in [-0.2, 0) is 5.41 Å². The van der Waals surface area contributed by atoms with Crippen LogP contribution in [0.2, 0.25) is 19.6 Å². The summed E-state index contributed by atoms with van der Waals surface area (Å²) >= 11 is 0. The van der Waals surface area contributed by atoms with Crippen LogP contribution in [0.3, 0.4) is 0 Å². The molecule has 0 amide bonds. The molecule has 1 aromatic rings. The molecule has 14 heavy (non-hydrogen) atoms. The Morgan fingerprint density at radius 3 is 1.93 bits per heavy atom. The van der Waals surface area contributed by atoms with Gasteiger partial charge in [-0.25, -0.2) is 0 Å². The van der Waals surface area contributed by atoms with E-state index in [1.807, 2.05) is 0 Å². The number of hydrogen-bond acceptors (Lipinski definition) is 1. The Morgan fingerprint density at radius 2 is 1.64 bits per heavy atom. The Kier molecular flexibility index (Phi) is 2.86. The molecule has 0 aliphatic heterocycles. The second-order valence-corrected chi connectivity index (χ2v) is 11.0. The molecule has 1 nitrogen and oxygen atoms in total. The quantitative estimate of drug-likeness (QED) is 0.645. The normalized spacial score (nSPS) is 13.0. The minimum Gasteiger partial charge on any atom is -0.261 e. The van der Waals surface area contributed by atoms with Crippen molar-refractivity contribution < 1.29 is 0 Å². The first-order valence-corrected chi connectivity index (χ1v) is 8.68. The molecular formula is C12H21NSi. The Bertz CT molecular complexity index is 268. The van der Waals surface area contributed by atoms with Crippen LogP contribution in [0.4, 0.5) is 0 Å². The lowest BCUT2D eigenvalue weighted by molar-refractivity contribution is 0.569. The van der Waals surface area contributed by atoms with E-state index in [2.05, 4.69) is 63.7 Å². The van der Waals surface area contributed by atoms with Gasteiger partial charge >= 0.3 is 0 Å². The SMILES string of the molecule is CC(C)(C)c1ccc([Si](C)(C)C)cn1. The second kappa shape index (κ2) is 3.50. The van der Waals surface area contributed by atoms with E-state index in [1.54, 1.807) is 0 Å². The van der Waals surface area contributed by atoms with Crippen molar-refractivity contribution in [2.45, 2.75) is 45.8 Å². The summed E-state index contributed by atoms with van der Waals surface area (Å²) in [4.78, 5) is 4.55. The highest BCUT2D eigenvalue weighted by Crippen LogP contribution is 2.18. The van der Waals surface area contributed by atoms with Gasteiger partial charge in [-0.15, -0.1) is 0 Å². The monoisotopic (exact) mass is 207 g/mol. The van der Waals surface area contributed by atoms with E-state index in [0.717, 1.165) is 0 Å². The third-order valence-electron chi connectivity index (χ3n) is 2.40. The van der Waals surface area contributed by atoms with Crippen LogP contribution in [0, 0.1) is 0 Å². The molecule has 0 bridgehead atoms. The lowest BCUT2D eigenvalue weighted by atomic mass is 9.92. The van der Waals surface area contributed by atoms with Gasteiger partial charge in [0, 0.05) is 17.3 Å². The van der Waals surface area contributed by atoms with E-state index in [-0.39, 0.29) is 5.41 Å². The van der Waals surface area contributed by atoms with Crippen LogP contribution in [0.5, 0.6) is 0 Å². The van der Waals surface area contributed by atoms with E-state index in [9.17, 15) is 0 Å². The fourth-order valence-corrected chi connectivity index (χ4v) is 2.32. The summed E-state index contributed by atoms with van der Waals surface area (Å²) in [7, 11) is -1.18. The predicted octanol–water partition coefficient (Wildman–Crippen LogP) is 2.92. The molecule has 78 valence electrons. The number of hydrogen-bond donors (Lipinski definition) is 0. The predicted molar refractivity (Wildman–Crippen MR) is 65.9 cm³/mol. The lowest BCUT2D eigenvalue weighted by Gasteiger charge is -2.20. The second-order valence-electron chi connectivity index (χ2n) is 5.93. The summed E-state index contributed by atoms with van der Waals surface area (Å²) in [6, 6.07) is 4.42. The molecule has 1 heterocycles. The van der Waals surface area contributed by atoms with Crippen LogP contribution in [0.25, 0.3) is 0 Å². The van der Waals surface area contributed by atoms with Crippen molar-refractivity contribution in [3.8, 4) is 0 Å². The molecule has 1 rings (SSSR count). The number of aromatic nitrogens is 1. The van der Waals surface area contributed by atoms with Crippen LogP contribution in [-0.4, -0.2) is 13.1 Å². The molecule has 0 N–H and O–H groups in total. The molecule has 0 saturated heterocycles. The number of rotatable bonds is 1. The summed E-state index contributed by atoms with van der Waals surface area (Å²) in [6.07, 6.45) is 2.06. The highest BCUT2D eigenvalue weighted by Gasteiger charge is 2.19. The minimum absolute atomic E-state index is 0.165. The van der Waals surface area contributed by atoms with Crippen LogP contribution >= 0.6 is 0 Å². The van der Waals surface area contributed by atoms with Gasteiger partial charge < -0.3 is 0 Å². The number of pyridine rings is 1. The number of nitrogens with zero attached hydrogens (tertiary/aromatic N) is 1. The van der Waals surface area contributed by atoms with Gasteiger partial charge in [-0.05, 0) is 11.3 Å². The van der Waals surface area contributed by atoms with Crippen molar-refractivity contribution in [3.63, 3.8) is 0 Å². The van der Waals surface area contributed by atoms with Crippen LogP contribution < -0.4 is 5.19 Å². The minimum atomic E-state index is -1.18. The first-order chi connectivity index (χ1) is 6.21. The van der Waals surface area contributed by atoms with Crippen molar-refractivity contribution in [2.75, 3.05) is 0 Å². The molecular weight excluding hydrogens is 186 g/mol. The summed E-state index contributed by atoms with van der Waals surface area (Å²) in [5.74, 6) is 0. The molecule has 0 aliphatic carbocycles. The van der Waals surface area contributed by atoms with Gasteiger partial charge in [0.1, 0.15) is 0 Å². The Hall–Kier alpha value is -0.633. The summed E-state index contributed by atoms with van der Waals surface area (Å²) < 4.78 is 0. The van der Waals surface area contributed by atoms with E-state index >= 15 is 0 Å². The van der Waals surface area contributed by atoms with Crippen molar-refractivity contribution >= 4 is 13.3 Å². The fourth-order valence-electron chi connectivity index (χ4n) is 1.28. The smallest absolute Gasteiger partial charge is 0.0796 e. The maximum absolute atomic E-state index is 4.55. The van der Waals surface area contributed by atoms with Crippen LogP contribution in [0.1, 0.15) is 26.5 Å². The molecule has 0 radical (unpaired) electrons. The molecule has 0 saturated carbocycles. The maximum Gasteiger partial charge on any atom is 0.0796 e. The van der Waals surface area contributed by atoms with E-state index < -0.39 is 8.07 Å². The van der Waals surface area contributed by atoms with Crippen molar-refractivity contribution in [2.24, 2.45) is 0 Å². The van der Waals surface area contributed by atoms with Gasteiger partial charge in [-0.1, -0.05) is 46.5 Å². The van der Waals surface area contributed by atoms with Gasteiger partial charge in [-0.2, -0.15) is 0 Å². The van der Waals surface area contributed by atoms with Crippen LogP contribution in [0.15, 0.2) is 18.3 Å². The van der Waals surface area contributed by atoms with Crippen molar-refractivity contribution in [1.29, 1.82) is 0 Å². The molecule has 0 aliphatic rings. The standard InChI is InChI=1S/C12H21NSi/c1-12(2,3)11-8-7-10(9-13-11)14(4,5)6/h7-9H,1-6H3. The maximum atomic E-state index is 4.55. The van der Waals surface area contributed by atoms with Gasteiger partial charge in [-0.3, -0.25) is 4.98 Å². The summed E-state index contributed by atoms with van der Waals surface area (Å²) in [6.45, 7) is 13.6. The van der Waals surface area contributed by atoms with Gasteiger partial charge in [0.2, 0.25) is 0 Å². The topological polar surface area (TPSA) is 12.9 Å². The molecule has 0 fully saturated rings. The average molecular weight is 207 g/mol. The molecule has 0 unspecified atom stereocenters. The highest BCUT2D eigenvalue weighted by atomic mass is 28.3. The van der Waals surface area contributed by atoms with E-state index in [1.165, 1.54) is 10.9 Å². The molecule has 0 aromatic carbocycles. The van der Waals surface area contributed by atoms with E-state index in [4.69, 9.17) is 0 Å². The molecule has 2 heteroatoms. The van der Waals surface area contributed by atoms with E-state index in [0.29, 0.717) is 0 Å². The summed E-state index contributed by atoms with van der Waals surface area (Å²) in [5.41, 5.74) is 1.34. The van der Waals surface area contributed by atoms with Crippen molar-refractivity contribution in [1.82, 2.24) is 4.98 Å². The van der Waals surface area contributed by atoms with Gasteiger partial charge in [0.15, 0.2) is 0 Å². The fraction of sp³-hybridized carbons (Fsp3) is 0.583. The zero-order valence-corrected chi connectivity index (χ0v) is 11.2. The first-order valence-electron chi connectivity index (χ1n) is 5.18. The zero-order chi connectivity index (χ0) is 11.0. The lowest BCUT2D eigenvalue weighted by Crippen LogP contribution is -2.38. The average Bonchev–Trinajstić information content (AvgIpc) is 2.01. The molecule has 0 spiro atoms. The Labute approximate surface area is 88.6 Å². The van der Waals surface area contributed by atoms with Gasteiger partial charge in [0.05, 0.1) is 8.07 Å². The first kappa shape index (κ1) is 11.4. The largest absolute Gasteiger partial charge is 0.261 e. The Morgan fingerprint density at radius 1 is 1.07 bits per heavy atom. The zero-order valence-electron chi connectivity index (χ0n) is 10.2.